The van der Waals surface area contributed by atoms with Crippen LogP contribution in [0.3, 0.4) is 0 Å². The number of aromatic nitrogens is 3. The second-order valence-electron chi connectivity index (χ2n) is 5.81. The average Bonchev–Trinajstić information content (AvgIpc) is 3.17. The van der Waals surface area contributed by atoms with Crippen LogP contribution in [0.4, 0.5) is 5.95 Å². The standard InChI is InChI=1S/C14H25N5O/c1-15-11-6-8-19(9-7-11)14-16-13(17-18-14)5-4-12-3-2-10-20-12/h11-12,15H,2-10H2,1H3,(H,16,17,18). The summed E-state index contributed by atoms with van der Waals surface area (Å²) in [6.07, 6.45) is 7.13. The van der Waals surface area contributed by atoms with Gasteiger partial charge in [-0.05, 0) is 39.2 Å². The molecule has 0 spiro atoms. The van der Waals surface area contributed by atoms with Crippen LogP contribution in [0.25, 0.3) is 0 Å². The van der Waals surface area contributed by atoms with Gasteiger partial charge in [0.25, 0.3) is 0 Å². The third-order valence-electron chi connectivity index (χ3n) is 4.43. The van der Waals surface area contributed by atoms with Crippen LogP contribution >= 0.6 is 0 Å². The van der Waals surface area contributed by atoms with Crippen molar-refractivity contribution in [2.75, 3.05) is 31.6 Å². The first-order chi connectivity index (χ1) is 9.85. The van der Waals surface area contributed by atoms with Crippen molar-refractivity contribution in [1.29, 1.82) is 0 Å². The number of H-pyrrole nitrogens is 1. The molecule has 2 N–H and O–H groups in total. The number of anilines is 1. The summed E-state index contributed by atoms with van der Waals surface area (Å²) in [6.45, 7) is 3.00. The predicted octanol–water partition coefficient (Wildman–Crippen LogP) is 1.10. The van der Waals surface area contributed by atoms with Gasteiger partial charge in [0, 0.05) is 32.2 Å². The molecule has 1 aromatic heterocycles. The van der Waals surface area contributed by atoms with Gasteiger partial charge >= 0.3 is 0 Å². The molecular formula is C14H25N5O. The highest BCUT2D eigenvalue weighted by Gasteiger charge is 2.21. The van der Waals surface area contributed by atoms with Crippen LogP contribution in [-0.4, -0.2) is 54.1 Å². The first-order valence-electron chi connectivity index (χ1n) is 7.80. The smallest absolute Gasteiger partial charge is 0.244 e. The second-order valence-corrected chi connectivity index (χ2v) is 5.81. The van der Waals surface area contributed by atoms with E-state index in [9.17, 15) is 0 Å². The van der Waals surface area contributed by atoms with Gasteiger partial charge in [-0.2, -0.15) is 4.98 Å². The van der Waals surface area contributed by atoms with Crippen molar-refractivity contribution in [3.8, 4) is 0 Å². The van der Waals surface area contributed by atoms with Crippen molar-refractivity contribution >= 4 is 5.95 Å². The second kappa shape index (κ2) is 6.54. The Labute approximate surface area is 120 Å². The minimum Gasteiger partial charge on any atom is -0.378 e. The molecule has 6 nitrogen and oxygen atoms in total. The van der Waals surface area contributed by atoms with E-state index in [-0.39, 0.29) is 0 Å². The van der Waals surface area contributed by atoms with Gasteiger partial charge in [-0.3, -0.25) is 5.10 Å². The van der Waals surface area contributed by atoms with Crippen LogP contribution in [0.15, 0.2) is 0 Å². The molecule has 0 radical (unpaired) electrons. The molecule has 0 bridgehead atoms. The Bertz CT molecular complexity index is 407. The lowest BCUT2D eigenvalue weighted by Gasteiger charge is -2.30. The summed E-state index contributed by atoms with van der Waals surface area (Å²) >= 11 is 0. The molecule has 0 amide bonds. The molecule has 2 aliphatic rings. The maximum Gasteiger partial charge on any atom is 0.244 e. The van der Waals surface area contributed by atoms with Crippen LogP contribution in [0, 0.1) is 0 Å². The van der Waals surface area contributed by atoms with Gasteiger partial charge in [0.15, 0.2) is 0 Å². The Morgan fingerprint density at radius 2 is 2.20 bits per heavy atom. The van der Waals surface area contributed by atoms with Crippen molar-refractivity contribution in [2.45, 2.75) is 50.7 Å². The number of hydrogen-bond acceptors (Lipinski definition) is 5. The van der Waals surface area contributed by atoms with Crippen LogP contribution in [0.2, 0.25) is 0 Å². The summed E-state index contributed by atoms with van der Waals surface area (Å²) in [5.41, 5.74) is 0. The van der Waals surface area contributed by atoms with Gasteiger partial charge in [0.1, 0.15) is 5.82 Å². The number of nitrogens with zero attached hydrogens (tertiary/aromatic N) is 3. The Kier molecular flexibility index (Phi) is 4.52. The predicted molar refractivity (Wildman–Crippen MR) is 78.0 cm³/mol. The molecule has 112 valence electrons. The molecule has 3 heterocycles. The maximum absolute atomic E-state index is 5.64. The zero-order chi connectivity index (χ0) is 13.8. The molecule has 3 rings (SSSR count). The minimum atomic E-state index is 0.426. The molecule has 6 heteroatoms. The molecule has 2 saturated heterocycles. The third-order valence-corrected chi connectivity index (χ3v) is 4.43. The molecule has 2 aliphatic heterocycles. The van der Waals surface area contributed by atoms with E-state index in [1.54, 1.807) is 0 Å². The molecule has 20 heavy (non-hydrogen) atoms. The zero-order valence-corrected chi connectivity index (χ0v) is 12.3. The lowest BCUT2D eigenvalue weighted by molar-refractivity contribution is 0.104. The monoisotopic (exact) mass is 279 g/mol. The van der Waals surface area contributed by atoms with Crippen molar-refractivity contribution < 1.29 is 4.74 Å². The number of hydrogen-bond donors (Lipinski definition) is 2. The highest BCUT2D eigenvalue weighted by Crippen LogP contribution is 2.19. The summed E-state index contributed by atoms with van der Waals surface area (Å²) in [4.78, 5) is 6.91. The number of piperidine rings is 1. The van der Waals surface area contributed by atoms with E-state index < -0.39 is 0 Å². The van der Waals surface area contributed by atoms with Crippen molar-refractivity contribution in [2.24, 2.45) is 0 Å². The summed E-state index contributed by atoms with van der Waals surface area (Å²) < 4.78 is 5.64. The van der Waals surface area contributed by atoms with Gasteiger partial charge in [-0.15, -0.1) is 5.10 Å². The fraction of sp³-hybridized carbons (Fsp3) is 0.857. The fourth-order valence-electron chi connectivity index (χ4n) is 3.08. The van der Waals surface area contributed by atoms with E-state index in [0.717, 1.165) is 57.2 Å². The van der Waals surface area contributed by atoms with E-state index in [1.807, 2.05) is 7.05 Å². The van der Waals surface area contributed by atoms with Gasteiger partial charge in [0.2, 0.25) is 5.95 Å². The first kappa shape index (κ1) is 13.8. The summed E-state index contributed by atoms with van der Waals surface area (Å²) in [6, 6.07) is 0.643. The summed E-state index contributed by atoms with van der Waals surface area (Å²) in [7, 11) is 2.04. The largest absolute Gasteiger partial charge is 0.378 e. The van der Waals surface area contributed by atoms with Gasteiger partial charge in [-0.25, -0.2) is 0 Å². The van der Waals surface area contributed by atoms with Crippen LogP contribution < -0.4 is 10.2 Å². The Hall–Kier alpha value is -1.14. The van der Waals surface area contributed by atoms with Crippen LogP contribution in [0.1, 0.15) is 37.9 Å². The Morgan fingerprint density at radius 3 is 2.90 bits per heavy atom. The van der Waals surface area contributed by atoms with Crippen LogP contribution in [0.5, 0.6) is 0 Å². The van der Waals surface area contributed by atoms with Gasteiger partial charge in [-0.1, -0.05) is 0 Å². The van der Waals surface area contributed by atoms with E-state index in [1.165, 1.54) is 12.8 Å². The highest BCUT2D eigenvalue weighted by atomic mass is 16.5. The minimum absolute atomic E-state index is 0.426. The fourth-order valence-corrected chi connectivity index (χ4v) is 3.08. The Balaban J connectivity index is 1.49. The molecule has 2 fully saturated rings. The first-order valence-corrected chi connectivity index (χ1v) is 7.80. The topological polar surface area (TPSA) is 66.1 Å². The molecule has 1 atom stereocenters. The number of ether oxygens (including phenoxy) is 1. The molecule has 0 saturated carbocycles. The average molecular weight is 279 g/mol. The summed E-state index contributed by atoms with van der Waals surface area (Å²) in [5, 5.41) is 10.8. The zero-order valence-electron chi connectivity index (χ0n) is 12.3. The third kappa shape index (κ3) is 3.30. The number of rotatable bonds is 5. The SMILES string of the molecule is CNC1CCN(c2n[nH]c(CCC3CCCO3)n2)CC1. The molecule has 1 aromatic rings. The van der Waals surface area contributed by atoms with Gasteiger partial charge in [0.05, 0.1) is 6.10 Å². The van der Waals surface area contributed by atoms with Crippen molar-refractivity contribution in [3.05, 3.63) is 5.82 Å². The maximum atomic E-state index is 5.64. The normalized spacial score (nSPS) is 24.4. The van der Waals surface area contributed by atoms with Gasteiger partial charge < -0.3 is 15.0 Å². The molecule has 0 aliphatic carbocycles. The number of nitrogens with one attached hydrogen (secondary N) is 2. The lowest BCUT2D eigenvalue weighted by atomic mass is 10.1. The van der Waals surface area contributed by atoms with Crippen molar-refractivity contribution in [3.63, 3.8) is 0 Å². The van der Waals surface area contributed by atoms with Crippen molar-refractivity contribution in [1.82, 2.24) is 20.5 Å². The van der Waals surface area contributed by atoms with E-state index in [2.05, 4.69) is 25.4 Å². The van der Waals surface area contributed by atoms with E-state index in [0.29, 0.717) is 12.1 Å². The van der Waals surface area contributed by atoms with Crippen LogP contribution in [-0.2, 0) is 11.2 Å². The number of aromatic amines is 1. The molecule has 1 unspecified atom stereocenters. The highest BCUT2D eigenvalue weighted by molar-refractivity contribution is 5.29. The van der Waals surface area contributed by atoms with E-state index >= 15 is 0 Å². The van der Waals surface area contributed by atoms with E-state index in [4.69, 9.17) is 4.74 Å². The Morgan fingerprint density at radius 1 is 1.35 bits per heavy atom. The molecule has 0 aromatic carbocycles. The number of aryl methyl sites for hydroxylation is 1. The lowest BCUT2D eigenvalue weighted by Crippen LogP contribution is -2.41. The quantitative estimate of drug-likeness (QED) is 0.845. The summed E-state index contributed by atoms with van der Waals surface area (Å²) in [5.74, 6) is 1.85. The molecular weight excluding hydrogens is 254 g/mol.